The summed E-state index contributed by atoms with van der Waals surface area (Å²) in [4.78, 5) is 11.2. The topological polar surface area (TPSA) is 46.5 Å². The van der Waals surface area contributed by atoms with Crippen LogP contribution in [0.3, 0.4) is 0 Å². The van der Waals surface area contributed by atoms with E-state index < -0.39 is 5.97 Å². The summed E-state index contributed by atoms with van der Waals surface area (Å²) in [7, 11) is 1.69. The Bertz CT molecular complexity index is 505. The van der Waals surface area contributed by atoms with Crippen LogP contribution in [0.4, 0.5) is 0 Å². The predicted octanol–water partition coefficient (Wildman–Crippen LogP) is 3.14. The fourth-order valence-electron chi connectivity index (χ4n) is 3.16. The average molecular weight is 262 g/mol. The molecule has 0 fully saturated rings. The number of rotatable bonds is 3. The summed E-state index contributed by atoms with van der Waals surface area (Å²) >= 11 is 0. The third kappa shape index (κ3) is 2.46. The maximum atomic E-state index is 11.2. The van der Waals surface area contributed by atoms with Crippen molar-refractivity contribution in [2.24, 2.45) is 11.8 Å². The number of hydrogen-bond acceptors (Lipinski definition) is 2. The van der Waals surface area contributed by atoms with Crippen LogP contribution < -0.4 is 4.74 Å². The summed E-state index contributed by atoms with van der Waals surface area (Å²) in [6.45, 7) is 6.01. The van der Waals surface area contributed by atoms with Crippen molar-refractivity contribution in [3.8, 4) is 5.75 Å². The van der Waals surface area contributed by atoms with Gasteiger partial charge in [0.2, 0.25) is 0 Å². The summed E-state index contributed by atoms with van der Waals surface area (Å²) in [5.74, 6) is 0.180. The molecule has 1 aliphatic carbocycles. The van der Waals surface area contributed by atoms with E-state index in [9.17, 15) is 9.90 Å². The van der Waals surface area contributed by atoms with Gasteiger partial charge in [0.05, 0.1) is 13.0 Å². The normalized spacial score (nSPS) is 19.7. The quantitative estimate of drug-likeness (QED) is 0.910. The molecular weight excluding hydrogens is 240 g/mol. The Morgan fingerprint density at radius 1 is 1.42 bits per heavy atom. The van der Waals surface area contributed by atoms with Crippen molar-refractivity contribution in [2.45, 2.75) is 40.0 Å². The van der Waals surface area contributed by atoms with Crippen molar-refractivity contribution < 1.29 is 14.6 Å². The molecule has 0 amide bonds. The second kappa shape index (κ2) is 5.24. The van der Waals surface area contributed by atoms with Crippen molar-refractivity contribution in [2.75, 3.05) is 7.11 Å². The zero-order valence-electron chi connectivity index (χ0n) is 12.1. The Kier molecular flexibility index (Phi) is 3.83. The minimum Gasteiger partial charge on any atom is -0.496 e. The number of fused-ring (bicyclic) bond motifs is 1. The van der Waals surface area contributed by atoms with Gasteiger partial charge in [0.25, 0.3) is 0 Å². The minimum absolute atomic E-state index is 0.232. The van der Waals surface area contributed by atoms with E-state index in [2.05, 4.69) is 19.9 Å². The first-order valence-electron chi connectivity index (χ1n) is 6.84. The number of benzene rings is 1. The van der Waals surface area contributed by atoms with E-state index >= 15 is 0 Å². The molecule has 1 aromatic rings. The predicted molar refractivity (Wildman–Crippen MR) is 74.8 cm³/mol. The maximum Gasteiger partial charge on any atom is 0.306 e. The summed E-state index contributed by atoms with van der Waals surface area (Å²) < 4.78 is 5.42. The number of ether oxygens (including phenoxy) is 1. The van der Waals surface area contributed by atoms with Crippen LogP contribution in [0.25, 0.3) is 0 Å². The van der Waals surface area contributed by atoms with E-state index in [4.69, 9.17) is 4.74 Å². The molecule has 0 aromatic heterocycles. The summed E-state index contributed by atoms with van der Waals surface area (Å²) in [5.41, 5.74) is 5.14. The van der Waals surface area contributed by atoms with Gasteiger partial charge in [-0.25, -0.2) is 0 Å². The van der Waals surface area contributed by atoms with E-state index in [1.807, 2.05) is 6.92 Å². The van der Waals surface area contributed by atoms with Gasteiger partial charge in [-0.15, -0.1) is 0 Å². The fourth-order valence-corrected chi connectivity index (χ4v) is 3.16. The van der Waals surface area contributed by atoms with E-state index in [1.165, 1.54) is 22.3 Å². The molecule has 1 N–H and O–H groups in total. The van der Waals surface area contributed by atoms with Gasteiger partial charge in [0.1, 0.15) is 5.75 Å². The molecule has 19 heavy (non-hydrogen) atoms. The molecular formula is C16H22O3. The van der Waals surface area contributed by atoms with Crippen LogP contribution in [0.5, 0.6) is 5.75 Å². The number of carboxylic acids is 1. The second-order valence-corrected chi connectivity index (χ2v) is 5.61. The molecule has 0 saturated carbocycles. The number of aliphatic carboxylic acids is 1. The highest BCUT2D eigenvalue weighted by molar-refractivity contribution is 5.70. The molecule has 104 valence electrons. The van der Waals surface area contributed by atoms with Gasteiger partial charge >= 0.3 is 5.97 Å². The van der Waals surface area contributed by atoms with E-state index in [0.29, 0.717) is 0 Å². The zero-order valence-corrected chi connectivity index (χ0v) is 12.1. The van der Waals surface area contributed by atoms with Gasteiger partial charge in [-0.05, 0) is 67.3 Å². The molecule has 3 nitrogen and oxygen atoms in total. The molecule has 0 aliphatic heterocycles. The molecule has 0 spiro atoms. The minimum atomic E-state index is -0.689. The van der Waals surface area contributed by atoms with Gasteiger partial charge in [-0.3, -0.25) is 4.79 Å². The summed E-state index contributed by atoms with van der Waals surface area (Å²) in [5, 5.41) is 9.18. The Hall–Kier alpha value is -1.51. The highest BCUT2D eigenvalue weighted by Crippen LogP contribution is 2.37. The van der Waals surface area contributed by atoms with Crippen molar-refractivity contribution in [1.29, 1.82) is 0 Å². The number of aryl methyl sites for hydroxylation is 1. The third-order valence-electron chi connectivity index (χ3n) is 4.56. The van der Waals surface area contributed by atoms with E-state index in [1.54, 1.807) is 7.11 Å². The lowest BCUT2D eigenvalue weighted by Crippen LogP contribution is -2.27. The van der Waals surface area contributed by atoms with Gasteiger partial charge < -0.3 is 9.84 Å². The average Bonchev–Trinajstić information content (AvgIpc) is 2.41. The first kappa shape index (κ1) is 13.9. The molecule has 0 saturated heterocycles. The van der Waals surface area contributed by atoms with Crippen LogP contribution in [0.15, 0.2) is 6.07 Å². The van der Waals surface area contributed by atoms with Crippen LogP contribution in [-0.4, -0.2) is 18.2 Å². The Balaban J connectivity index is 2.38. The van der Waals surface area contributed by atoms with Crippen LogP contribution in [0.2, 0.25) is 0 Å². The molecule has 0 heterocycles. The molecule has 1 aromatic carbocycles. The van der Waals surface area contributed by atoms with Crippen LogP contribution in [0, 0.1) is 25.7 Å². The monoisotopic (exact) mass is 262 g/mol. The number of hydrogen-bond donors (Lipinski definition) is 1. The second-order valence-electron chi connectivity index (χ2n) is 5.61. The Morgan fingerprint density at radius 2 is 2.11 bits per heavy atom. The molecule has 0 bridgehead atoms. The Labute approximate surface area is 114 Å². The van der Waals surface area contributed by atoms with Gasteiger partial charge in [0, 0.05) is 0 Å². The largest absolute Gasteiger partial charge is 0.496 e. The highest BCUT2D eigenvalue weighted by Gasteiger charge is 2.29. The molecule has 2 rings (SSSR count). The van der Waals surface area contributed by atoms with E-state index in [0.717, 1.165) is 25.0 Å². The summed E-state index contributed by atoms with van der Waals surface area (Å²) in [6, 6.07) is 2.09. The molecule has 0 unspecified atom stereocenters. The number of carbonyl (C=O) groups is 1. The standard InChI is InChI=1S/C16H22O3/c1-9-7-15(19-4)11(3)14-8-12(5-6-13(9)14)10(2)16(17)18/h7,10,12H,5-6,8H2,1-4H3,(H,17,18)/t10-,12-/m0/s1. The van der Waals surface area contributed by atoms with E-state index in [-0.39, 0.29) is 11.8 Å². The molecule has 0 radical (unpaired) electrons. The van der Waals surface area contributed by atoms with Gasteiger partial charge in [0.15, 0.2) is 0 Å². The lowest BCUT2D eigenvalue weighted by Gasteiger charge is -2.30. The van der Waals surface area contributed by atoms with Crippen molar-refractivity contribution in [3.63, 3.8) is 0 Å². The lowest BCUT2D eigenvalue weighted by atomic mass is 9.75. The molecule has 1 aliphatic rings. The first-order valence-corrected chi connectivity index (χ1v) is 6.84. The van der Waals surface area contributed by atoms with Crippen LogP contribution in [-0.2, 0) is 17.6 Å². The maximum absolute atomic E-state index is 11.2. The third-order valence-corrected chi connectivity index (χ3v) is 4.56. The van der Waals surface area contributed by atoms with Crippen LogP contribution in [0.1, 0.15) is 35.6 Å². The van der Waals surface area contributed by atoms with Crippen molar-refractivity contribution >= 4 is 5.97 Å². The number of methoxy groups -OCH3 is 1. The highest BCUT2D eigenvalue weighted by atomic mass is 16.5. The molecule has 3 heteroatoms. The van der Waals surface area contributed by atoms with Gasteiger partial charge in [-0.2, -0.15) is 0 Å². The number of carboxylic acid groups (broad SMARTS) is 1. The SMILES string of the molecule is COc1cc(C)c2c(c1C)C[C@@H]([C@H](C)C(=O)O)CC2. The fraction of sp³-hybridized carbons (Fsp3) is 0.562. The smallest absolute Gasteiger partial charge is 0.306 e. The first-order chi connectivity index (χ1) is 8.95. The van der Waals surface area contributed by atoms with Gasteiger partial charge in [-0.1, -0.05) is 6.92 Å². The zero-order chi connectivity index (χ0) is 14.2. The summed E-state index contributed by atoms with van der Waals surface area (Å²) in [6.07, 6.45) is 2.80. The van der Waals surface area contributed by atoms with Crippen molar-refractivity contribution in [3.05, 3.63) is 28.3 Å². The van der Waals surface area contributed by atoms with Crippen molar-refractivity contribution in [1.82, 2.24) is 0 Å². The van der Waals surface area contributed by atoms with Crippen LogP contribution >= 0.6 is 0 Å². The Morgan fingerprint density at radius 3 is 2.68 bits per heavy atom. The molecule has 2 atom stereocenters. The lowest BCUT2D eigenvalue weighted by molar-refractivity contribution is -0.143.